The lowest BCUT2D eigenvalue weighted by atomic mass is 10.1. The first-order valence-electron chi connectivity index (χ1n) is 7.09. The highest BCUT2D eigenvalue weighted by atomic mass is 32.1. The molecule has 0 saturated carbocycles. The van der Waals surface area contributed by atoms with Gasteiger partial charge in [-0.25, -0.2) is 13.8 Å². The molecule has 5 nitrogen and oxygen atoms in total. The van der Waals surface area contributed by atoms with Crippen molar-refractivity contribution < 1.29 is 13.6 Å². The molecule has 0 unspecified atom stereocenters. The van der Waals surface area contributed by atoms with Gasteiger partial charge in [0.15, 0.2) is 0 Å². The Kier molecular flexibility index (Phi) is 4.19. The van der Waals surface area contributed by atoms with Crippen molar-refractivity contribution in [3.8, 4) is 0 Å². The molecular formula is C14H16F2N4OS. The molecule has 1 aliphatic heterocycles. The Hall–Kier alpha value is -1.83. The average molecular weight is 326 g/mol. The van der Waals surface area contributed by atoms with E-state index in [2.05, 4.69) is 10.1 Å². The largest absolute Gasteiger partial charge is 0.329 e. The molecule has 3 heterocycles. The number of alkyl halides is 2. The number of aromatic nitrogens is 3. The van der Waals surface area contributed by atoms with Crippen LogP contribution in [0.1, 0.15) is 40.1 Å². The van der Waals surface area contributed by atoms with Gasteiger partial charge in [0, 0.05) is 18.1 Å². The van der Waals surface area contributed by atoms with Crippen LogP contribution in [0.15, 0.2) is 17.6 Å². The summed E-state index contributed by atoms with van der Waals surface area (Å²) in [6.45, 7) is 1.97. The van der Waals surface area contributed by atoms with Gasteiger partial charge in [-0.2, -0.15) is 5.10 Å². The molecule has 1 atom stereocenters. The summed E-state index contributed by atoms with van der Waals surface area (Å²) < 4.78 is 26.2. The minimum atomic E-state index is -2.54. The van der Waals surface area contributed by atoms with Crippen LogP contribution in [0.4, 0.5) is 8.78 Å². The number of nitrogens with zero attached hydrogens (tertiary/aromatic N) is 4. The van der Waals surface area contributed by atoms with E-state index in [1.807, 2.05) is 12.3 Å². The Morgan fingerprint density at radius 3 is 3.05 bits per heavy atom. The summed E-state index contributed by atoms with van der Waals surface area (Å²) in [6.07, 6.45) is 0.573. The number of carbonyl (C=O) groups excluding carboxylic acids is 1. The van der Waals surface area contributed by atoms with Gasteiger partial charge in [-0.3, -0.25) is 9.48 Å². The van der Waals surface area contributed by atoms with E-state index in [9.17, 15) is 13.6 Å². The standard InChI is InChI=1S/C14H16F2N4OS/c1-9-18-10(8-22-9)11-3-2-6-19(11)14(21)12-4-5-17-20(12)7-13(15)16/h4-5,8,11,13H,2-3,6-7H2,1H3/t11-/m1/s1. The number of thiazole rings is 1. The van der Waals surface area contributed by atoms with Gasteiger partial charge in [0.05, 0.1) is 16.7 Å². The smallest absolute Gasteiger partial charge is 0.272 e. The van der Waals surface area contributed by atoms with Crippen molar-refractivity contribution in [3.63, 3.8) is 0 Å². The van der Waals surface area contributed by atoms with Crippen LogP contribution in [0.3, 0.4) is 0 Å². The molecule has 1 aliphatic rings. The fourth-order valence-corrected chi connectivity index (χ4v) is 3.45. The molecule has 1 saturated heterocycles. The van der Waals surface area contributed by atoms with Crippen LogP contribution in [0.2, 0.25) is 0 Å². The van der Waals surface area contributed by atoms with E-state index in [0.717, 1.165) is 28.2 Å². The summed E-state index contributed by atoms with van der Waals surface area (Å²) >= 11 is 1.55. The third-order valence-electron chi connectivity index (χ3n) is 3.74. The summed E-state index contributed by atoms with van der Waals surface area (Å²) in [4.78, 5) is 18.9. The van der Waals surface area contributed by atoms with Crippen LogP contribution in [-0.2, 0) is 6.54 Å². The van der Waals surface area contributed by atoms with E-state index < -0.39 is 13.0 Å². The highest BCUT2D eigenvalue weighted by Gasteiger charge is 2.33. The molecule has 0 N–H and O–H groups in total. The van der Waals surface area contributed by atoms with Crippen molar-refractivity contribution in [3.05, 3.63) is 34.0 Å². The lowest BCUT2D eigenvalue weighted by Crippen LogP contribution is -2.33. The molecule has 0 spiro atoms. The summed E-state index contributed by atoms with van der Waals surface area (Å²) in [5, 5.41) is 6.74. The number of rotatable bonds is 4. The summed E-state index contributed by atoms with van der Waals surface area (Å²) in [6, 6.07) is 1.42. The first-order valence-corrected chi connectivity index (χ1v) is 7.97. The van der Waals surface area contributed by atoms with E-state index >= 15 is 0 Å². The van der Waals surface area contributed by atoms with Crippen LogP contribution in [0, 0.1) is 6.92 Å². The molecule has 2 aromatic rings. The van der Waals surface area contributed by atoms with Crippen molar-refractivity contribution in [2.45, 2.75) is 38.8 Å². The van der Waals surface area contributed by atoms with Crippen molar-refractivity contribution in [2.75, 3.05) is 6.54 Å². The normalized spacial score (nSPS) is 18.4. The van der Waals surface area contributed by atoms with Gasteiger partial charge in [0.1, 0.15) is 12.2 Å². The second-order valence-electron chi connectivity index (χ2n) is 5.24. The second kappa shape index (κ2) is 6.12. The topological polar surface area (TPSA) is 51.0 Å². The highest BCUT2D eigenvalue weighted by molar-refractivity contribution is 7.09. The second-order valence-corrected chi connectivity index (χ2v) is 6.30. The molecule has 0 aliphatic carbocycles. The van der Waals surface area contributed by atoms with Gasteiger partial charge in [-0.1, -0.05) is 0 Å². The van der Waals surface area contributed by atoms with Gasteiger partial charge in [-0.15, -0.1) is 11.3 Å². The number of likely N-dealkylation sites (tertiary alicyclic amines) is 1. The molecule has 2 aromatic heterocycles. The molecule has 118 valence electrons. The fraction of sp³-hybridized carbons (Fsp3) is 0.500. The number of hydrogen-bond acceptors (Lipinski definition) is 4. The Balaban J connectivity index is 1.83. The Morgan fingerprint density at radius 1 is 1.55 bits per heavy atom. The van der Waals surface area contributed by atoms with Crippen LogP contribution >= 0.6 is 11.3 Å². The Bertz CT molecular complexity index is 669. The van der Waals surface area contributed by atoms with Gasteiger partial charge >= 0.3 is 0 Å². The first-order chi connectivity index (χ1) is 10.6. The maximum absolute atomic E-state index is 12.7. The third kappa shape index (κ3) is 2.87. The van der Waals surface area contributed by atoms with E-state index in [1.165, 1.54) is 12.3 Å². The third-order valence-corrected chi connectivity index (χ3v) is 4.53. The number of amides is 1. The first kappa shape index (κ1) is 15.1. The fourth-order valence-electron chi connectivity index (χ4n) is 2.79. The average Bonchev–Trinajstić information content (AvgIpc) is 3.16. The zero-order valence-corrected chi connectivity index (χ0v) is 12.9. The molecule has 3 rings (SSSR count). The maximum Gasteiger partial charge on any atom is 0.272 e. The molecule has 0 bridgehead atoms. The number of carbonyl (C=O) groups is 1. The molecule has 22 heavy (non-hydrogen) atoms. The van der Waals surface area contributed by atoms with Crippen LogP contribution in [0.25, 0.3) is 0 Å². The number of hydrogen-bond donors (Lipinski definition) is 0. The number of halogens is 2. The minimum Gasteiger partial charge on any atom is -0.329 e. The molecule has 1 amide bonds. The van der Waals surface area contributed by atoms with E-state index in [1.54, 1.807) is 16.2 Å². The van der Waals surface area contributed by atoms with E-state index in [-0.39, 0.29) is 17.6 Å². The van der Waals surface area contributed by atoms with Crippen molar-refractivity contribution >= 4 is 17.2 Å². The van der Waals surface area contributed by atoms with Gasteiger partial charge in [0.2, 0.25) is 0 Å². The predicted molar refractivity (Wildman–Crippen MR) is 78.1 cm³/mol. The lowest BCUT2D eigenvalue weighted by Gasteiger charge is -2.23. The van der Waals surface area contributed by atoms with Crippen LogP contribution in [-0.4, -0.2) is 38.5 Å². The molecule has 1 fully saturated rings. The summed E-state index contributed by atoms with van der Waals surface area (Å²) in [7, 11) is 0. The van der Waals surface area contributed by atoms with Crippen molar-refractivity contribution in [1.82, 2.24) is 19.7 Å². The van der Waals surface area contributed by atoms with E-state index in [4.69, 9.17) is 0 Å². The number of aryl methyl sites for hydroxylation is 1. The zero-order valence-electron chi connectivity index (χ0n) is 12.1. The SMILES string of the molecule is Cc1nc([C@H]2CCCN2C(=O)c2ccnn2CC(F)F)cs1. The van der Waals surface area contributed by atoms with Crippen molar-refractivity contribution in [1.29, 1.82) is 0 Å². The minimum absolute atomic E-state index is 0.0765. The summed E-state index contributed by atoms with van der Waals surface area (Å²) in [5.41, 5.74) is 1.09. The highest BCUT2D eigenvalue weighted by Crippen LogP contribution is 2.33. The van der Waals surface area contributed by atoms with Gasteiger partial charge in [-0.05, 0) is 25.8 Å². The summed E-state index contributed by atoms with van der Waals surface area (Å²) in [5.74, 6) is -0.258. The van der Waals surface area contributed by atoms with Crippen LogP contribution in [0.5, 0.6) is 0 Å². The quantitative estimate of drug-likeness (QED) is 0.868. The monoisotopic (exact) mass is 326 g/mol. The molecular weight excluding hydrogens is 310 g/mol. The van der Waals surface area contributed by atoms with Gasteiger partial charge in [0.25, 0.3) is 12.3 Å². The van der Waals surface area contributed by atoms with E-state index in [0.29, 0.717) is 6.54 Å². The lowest BCUT2D eigenvalue weighted by molar-refractivity contribution is 0.0708. The van der Waals surface area contributed by atoms with Crippen molar-refractivity contribution in [2.24, 2.45) is 0 Å². The predicted octanol–water partition coefficient (Wildman–Crippen LogP) is 2.89. The molecule has 0 aromatic carbocycles. The zero-order chi connectivity index (χ0) is 15.7. The van der Waals surface area contributed by atoms with Gasteiger partial charge < -0.3 is 4.90 Å². The Morgan fingerprint density at radius 2 is 2.36 bits per heavy atom. The maximum atomic E-state index is 12.7. The Labute approximate surface area is 130 Å². The molecule has 0 radical (unpaired) electrons. The molecule has 8 heteroatoms. The van der Waals surface area contributed by atoms with Crippen LogP contribution < -0.4 is 0 Å².